The molecular formula is C18H24ClNO4. The number of halogens is 1. The topological polar surface area (TPSA) is 49.0 Å². The smallest absolute Gasteiger partial charge is 0.127 e. The summed E-state index contributed by atoms with van der Waals surface area (Å²) in [5.41, 5.74) is 2.16. The van der Waals surface area contributed by atoms with Gasteiger partial charge in [-0.15, -0.1) is 12.4 Å². The summed E-state index contributed by atoms with van der Waals surface area (Å²) in [5, 5.41) is 3.40. The summed E-state index contributed by atoms with van der Waals surface area (Å²) in [6.45, 7) is 1.38. The first-order valence-electron chi connectivity index (χ1n) is 7.33. The van der Waals surface area contributed by atoms with Gasteiger partial charge in [0.05, 0.1) is 28.4 Å². The quantitative estimate of drug-likeness (QED) is 0.787. The highest BCUT2D eigenvalue weighted by molar-refractivity contribution is 5.85. The normalized spacial score (nSPS) is 9.83. The van der Waals surface area contributed by atoms with Crippen molar-refractivity contribution in [3.8, 4) is 23.0 Å². The van der Waals surface area contributed by atoms with Gasteiger partial charge in [-0.05, 0) is 23.8 Å². The molecule has 0 aliphatic rings. The second-order valence-electron chi connectivity index (χ2n) is 5.00. The summed E-state index contributed by atoms with van der Waals surface area (Å²) in [6.07, 6.45) is 0. The van der Waals surface area contributed by atoms with Crippen molar-refractivity contribution in [2.75, 3.05) is 28.4 Å². The molecule has 0 heterocycles. The summed E-state index contributed by atoms with van der Waals surface area (Å²) in [5.74, 6) is 3.15. The highest BCUT2D eigenvalue weighted by Gasteiger charge is 2.06. The molecule has 0 aliphatic heterocycles. The SMILES string of the molecule is COc1cc(CNCc2ccc(OC)cc2OC)cc(OC)c1.Cl. The molecule has 0 atom stereocenters. The van der Waals surface area contributed by atoms with Gasteiger partial charge in [0.2, 0.25) is 0 Å². The third-order valence-electron chi connectivity index (χ3n) is 3.55. The van der Waals surface area contributed by atoms with Crippen LogP contribution in [0, 0.1) is 0 Å². The lowest BCUT2D eigenvalue weighted by Gasteiger charge is -2.12. The molecule has 0 aliphatic carbocycles. The van der Waals surface area contributed by atoms with Crippen molar-refractivity contribution in [2.45, 2.75) is 13.1 Å². The fourth-order valence-electron chi connectivity index (χ4n) is 2.31. The van der Waals surface area contributed by atoms with E-state index in [1.165, 1.54) is 0 Å². The fraction of sp³-hybridized carbons (Fsp3) is 0.333. The van der Waals surface area contributed by atoms with Crippen LogP contribution < -0.4 is 24.3 Å². The molecule has 1 N–H and O–H groups in total. The van der Waals surface area contributed by atoms with E-state index < -0.39 is 0 Å². The van der Waals surface area contributed by atoms with Crippen molar-refractivity contribution in [3.05, 3.63) is 47.5 Å². The lowest BCUT2D eigenvalue weighted by atomic mass is 10.1. The van der Waals surface area contributed by atoms with Crippen LogP contribution >= 0.6 is 12.4 Å². The fourth-order valence-corrected chi connectivity index (χ4v) is 2.31. The molecule has 2 rings (SSSR count). The van der Waals surface area contributed by atoms with Gasteiger partial charge in [-0.3, -0.25) is 0 Å². The zero-order valence-electron chi connectivity index (χ0n) is 14.4. The van der Waals surface area contributed by atoms with Crippen molar-refractivity contribution >= 4 is 12.4 Å². The first kappa shape index (κ1) is 19.9. The van der Waals surface area contributed by atoms with Crippen molar-refractivity contribution in [3.63, 3.8) is 0 Å². The number of ether oxygens (including phenoxy) is 4. The van der Waals surface area contributed by atoms with Crippen molar-refractivity contribution in [1.82, 2.24) is 5.32 Å². The van der Waals surface area contributed by atoms with E-state index in [4.69, 9.17) is 18.9 Å². The van der Waals surface area contributed by atoms with E-state index in [-0.39, 0.29) is 12.4 Å². The van der Waals surface area contributed by atoms with Gasteiger partial charge in [-0.1, -0.05) is 6.07 Å². The third kappa shape index (κ3) is 5.22. The molecule has 0 aromatic heterocycles. The average Bonchev–Trinajstić information content (AvgIpc) is 2.61. The van der Waals surface area contributed by atoms with Crippen molar-refractivity contribution in [2.24, 2.45) is 0 Å². The molecular weight excluding hydrogens is 330 g/mol. The van der Waals surface area contributed by atoms with Crippen LogP contribution in [0.3, 0.4) is 0 Å². The molecule has 5 nitrogen and oxygen atoms in total. The largest absolute Gasteiger partial charge is 0.497 e. The Bertz CT molecular complexity index is 627. The van der Waals surface area contributed by atoms with Gasteiger partial charge in [0.15, 0.2) is 0 Å². The Morgan fingerprint density at radius 1 is 0.708 bits per heavy atom. The predicted molar refractivity (Wildman–Crippen MR) is 96.9 cm³/mol. The highest BCUT2D eigenvalue weighted by Crippen LogP contribution is 2.25. The molecule has 0 saturated heterocycles. The van der Waals surface area contributed by atoms with Crippen LogP contribution in [0.25, 0.3) is 0 Å². The molecule has 0 radical (unpaired) electrons. The van der Waals surface area contributed by atoms with Gasteiger partial charge >= 0.3 is 0 Å². The third-order valence-corrected chi connectivity index (χ3v) is 3.55. The molecule has 0 amide bonds. The van der Waals surface area contributed by atoms with Crippen LogP contribution in [-0.4, -0.2) is 28.4 Å². The minimum absolute atomic E-state index is 0. The zero-order chi connectivity index (χ0) is 16.7. The number of rotatable bonds is 8. The maximum Gasteiger partial charge on any atom is 0.127 e. The van der Waals surface area contributed by atoms with E-state index >= 15 is 0 Å². The van der Waals surface area contributed by atoms with Crippen LogP contribution in [0.1, 0.15) is 11.1 Å². The standard InChI is InChI=1S/C18H23NO4.ClH/c1-20-15-6-5-14(18(10-15)23-4)12-19-11-13-7-16(21-2)9-17(8-13)22-3;/h5-10,19H,11-12H2,1-4H3;1H. The minimum Gasteiger partial charge on any atom is -0.497 e. The van der Waals surface area contributed by atoms with E-state index in [1.807, 2.05) is 36.4 Å². The number of methoxy groups -OCH3 is 4. The number of nitrogens with one attached hydrogen (secondary N) is 1. The van der Waals surface area contributed by atoms with Crippen molar-refractivity contribution in [1.29, 1.82) is 0 Å². The van der Waals surface area contributed by atoms with Gasteiger partial charge < -0.3 is 24.3 Å². The average molecular weight is 354 g/mol. The van der Waals surface area contributed by atoms with E-state index in [2.05, 4.69) is 5.32 Å². The number of hydrogen-bond donors (Lipinski definition) is 1. The van der Waals surface area contributed by atoms with Gasteiger partial charge in [0, 0.05) is 30.8 Å². The molecule has 0 spiro atoms. The minimum atomic E-state index is 0. The van der Waals surface area contributed by atoms with Crippen LogP contribution in [0.15, 0.2) is 36.4 Å². The van der Waals surface area contributed by atoms with Gasteiger partial charge in [0.1, 0.15) is 23.0 Å². The lowest BCUT2D eigenvalue weighted by Crippen LogP contribution is -2.13. The maximum absolute atomic E-state index is 5.40. The van der Waals surface area contributed by atoms with E-state index in [0.29, 0.717) is 13.1 Å². The maximum atomic E-state index is 5.40. The Hall–Kier alpha value is -2.11. The van der Waals surface area contributed by atoms with Crippen LogP contribution in [-0.2, 0) is 13.1 Å². The second-order valence-corrected chi connectivity index (χ2v) is 5.00. The molecule has 24 heavy (non-hydrogen) atoms. The van der Waals surface area contributed by atoms with Crippen molar-refractivity contribution < 1.29 is 18.9 Å². The zero-order valence-corrected chi connectivity index (χ0v) is 15.2. The lowest BCUT2D eigenvalue weighted by molar-refractivity contribution is 0.389. The Kier molecular flexibility index (Phi) is 8.22. The van der Waals surface area contributed by atoms with Crippen LogP contribution in [0.4, 0.5) is 0 Å². The van der Waals surface area contributed by atoms with E-state index in [9.17, 15) is 0 Å². The van der Waals surface area contributed by atoms with Gasteiger partial charge in [-0.2, -0.15) is 0 Å². The summed E-state index contributed by atoms with van der Waals surface area (Å²) < 4.78 is 21.2. The summed E-state index contributed by atoms with van der Waals surface area (Å²) >= 11 is 0. The molecule has 0 fully saturated rings. The number of benzene rings is 2. The van der Waals surface area contributed by atoms with Crippen LogP contribution in [0.5, 0.6) is 23.0 Å². The number of hydrogen-bond acceptors (Lipinski definition) is 5. The summed E-state index contributed by atoms with van der Waals surface area (Å²) in [4.78, 5) is 0. The molecule has 132 valence electrons. The van der Waals surface area contributed by atoms with E-state index in [1.54, 1.807) is 28.4 Å². The van der Waals surface area contributed by atoms with E-state index in [0.717, 1.165) is 34.1 Å². The Balaban J connectivity index is 0.00000288. The molecule has 0 bridgehead atoms. The molecule has 0 saturated carbocycles. The van der Waals surface area contributed by atoms with Crippen LogP contribution in [0.2, 0.25) is 0 Å². The Morgan fingerprint density at radius 3 is 1.88 bits per heavy atom. The molecule has 0 unspecified atom stereocenters. The monoisotopic (exact) mass is 353 g/mol. The van der Waals surface area contributed by atoms with Gasteiger partial charge in [-0.25, -0.2) is 0 Å². The Morgan fingerprint density at radius 2 is 1.33 bits per heavy atom. The molecule has 2 aromatic carbocycles. The summed E-state index contributed by atoms with van der Waals surface area (Å²) in [7, 11) is 6.59. The highest BCUT2D eigenvalue weighted by atomic mass is 35.5. The summed E-state index contributed by atoms with van der Waals surface area (Å²) in [6, 6.07) is 11.6. The Labute approximate surface area is 149 Å². The molecule has 6 heteroatoms. The molecule has 2 aromatic rings. The predicted octanol–water partition coefficient (Wildman–Crippen LogP) is 3.43. The first-order valence-corrected chi connectivity index (χ1v) is 7.33. The first-order chi connectivity index (χ1) is 11.2. The second kappa shape index (κ2) is 9.90. The van der Waals surface area contributed by atoms with Gasteiger partial charge in [0.25, 0.3) is 0 Å².